The number of hydrogen-bond acceptors (Lipinski definition) is 3. The summed E-state index contributed by atoms with van der Waals surface area (Å²) in [5, 5.41) is 2.69. The minimum atomic E-state index is -0.613. The standard InChI is InChI=1S/C24H23F2NO3/c1-24(2,3)30-23(28)27-19-6-4-5-16(13-19)15-29-20-10-7-17(8-11-20)21-12-9-18(25)14-22(21)26/h4-14H,15H2,1-3H3,(H,27,28). The van der Waals surface area contributed by atoms with E-state index in [0.717, 1.165) is 11.6 Å². The van der Waals surface area contributed by atoms with Crippen molar-refractivity contribution < 1.29 is 23.0 Å². The Morgan fingerprint density at radius 1 is 0.967 bits per heavy atom. The number of anilines is 1. The van der Waals surface area contributed by atoms with Crippen molar-refractivity contribution in [1.29, 1.82) is 0 Å². The molecule has 0 aliphatic rings. The van der Waals surface area contributed by atoms with Gasteiger partial charge in [0.25, 0.3) is 0 Å². The van der Waals surface area contributed by atoms with Crippen LogP contribution < -0.4 is 10.1 Å². The molecule has 6 heteroatoms. The summed E-state index contributed by atoms with van der Waals surface area (Å²) < 4.78 is 38.0. The summed E-state index contributed by atoms with van der Waals surface area (Å²) in [6.45, 7) is 5.68. The van der Waals surface area contributed by atoms with Crippen molar-refractivity contribution in [2.24, 2.45) is 0 Å². The number of rotatable bonds is 5. The fourth-order valence-electron chi connectivity index (χ4n) is 2.78. The van der Waals surface area contributed by atoms with Gasteiger partial charge in [0.2, 0.25) is 0 Å². The van der Waals surface area contributed by atoms with Crippen molar-refractivity contribution in [1.82, 2.24) is 0 Å². The number of benzene rings is 3. The van der Waals surface area contributed by atoms with Crippen LogP contribution in [-0.4, -0.2) is 11.7 Å². The predicted molar refractivity (Wildman–Crippen MR) is 112 cm³/mol. The Hall–Kier alpha value is -3.41. The molecule has 0 radical (unpaired) electrons. The van der Waals surface area contributed by atoms with Crippen LogP contribution in [0.1, 0.15) is 26.3 Å². The minimum Gasteiger partial charge on any atom is -0.489 e. The van der Waals surface area contributed by atoms with Gasteiger partial charge in [-0.1, -0.05) is 24.3 Å². The van der Waals surface area contributed by atoms with E-state index in [4.69, 9.17) is 9.47 Å². The minimum absolute atomic E-state index is 0.286. The normalized spacial score (nSPS) is 11.1. The zero-order chi connectivity index (χ0) is 21.7. The summed E-state index contributed by atoms with van der Waals surface area (Å²) in [4.78, 5) is 11.9. The first-order valence-corrected chi connectivity index (χ1v) is 9.47. The Morgan fingerprint density at radius 3 is 2.37 bits per heavy atom. The Labute approximate surface area is 174 Å². The molecular weight excluding hydrogens is 388 g/mol. The Kier molecular flexibility index (Phi) is 6.35. The van der Waals surface area contributed by atoms with Crippen molar-refractivity contribution in [2.45, 2.75) is 33.0 Å². The highest BCUT2D eigenvalue weighted by atomic mass is 19.1. The Bertz CT molecular complexity index is 1030. The number of carbonyl (C=O) groups excluding carboxylic acids is 1. The van der Waals surface area contributed by atoms with Crippen molar-refractivity contribution in [2.75, 3.05) is 5.32 Å². The molecule has 0 aliphatic heterocycles. The highest BCUT2D eigenvalue weighted by Crippen LogP contribution is 2.26. The van der Waals surface area contributed by atoms with Crippen LogP contribution in [0.25, 0.3) is 11.1 Å². The number of halogens is 2. The first-order valence-electron chi connectivity index (χ1n) is 9.47. The van der Waals surface area contributed by atoms with Crippen LogP contribution >= 0.6 is 0 Å². The van der Waals surface area contributed by atoms with Crippen LogP contribution in [-0.2, 0) is 11.3 Å². The molecule has 3 rings (SSSR count). The molecular formula is C24H23F2NO3. The molecule has 3 aromatic rings. The highest BCUT2D eigenvalue weighted by Gasteiger charge is 2.16. The molecule has 156 valence electrons. The third kappa shape index (κ3) is 6.04. The largest absolute Gasteiger partial charge is 0.489 e. The van der Waals surface area contributed by atoms with Gasteiger partial charge in [0.1, 0.15) is 29.6 Å². The number of carbonyl (C=O) groups is 1. The average Bonchev–Trinajstić information content (AvgIpc) is 2.66. The second-order valence-electron chi connectivity index (χ2n) is 7.76. The van der Waals surface area contributed by atoms with E-state index in [1.807, 2.05) is 12.1 Å². The van der Waals surface area contributed by atoms with Crippen LogP contribution in [0.5, 0.6) is 5.75 Å². The molecule has 4 nitrogen and oxygen atoms in total. The number of nitrogens with one attached hydrogen (secondary N) is 1. The molecule has 0 atom stereocenters. The van der Waals surface area contributed by atoms with Gasteiger partial charge in [-0.2, -0.15) is 0 Å². The smallest absolute Gasteiger partial charge is 0.412 e. The van der Waals surface area contributed by atoms with Gasteiger partial charge in [0.05, 0.1) is 0 Å². The summed E-state index contributed by atoms with van der Waals surface area (Å²) in [6.07, 6.45) is -0.524. The van der Waals surface area contributed by atoms with Crippen LogP contribution in [0.2, 0.25) is 0 Å². The predicted octanol–water partition coefficient (Wildman–Crippen LogP) is 6.56. The molecule has 0 bridgehead atoms. The molecule has 0 saturated carbocycles. The second-order valence-corrected chi connectivity index (χ2v) is 7.76. The molecule has 3 aromatic carbocycles. The summed E-state index contributed by atoms with van der Waals surface area (Å²) in [5.41, 5.74) is 1.84. The van der Waals surface area contributed by atoms with Crippen molar-refractivity contribution >= 4 is 11.8 Å². The van der Waals surface area contributed by atoms with Gasteiger partial charge in [0.15, 0.2) is 0 Å². The zero-order valence-electron chi connectivity index (χ0n) is 17.0. The van der Waals surface area contributed by atoms with E-state index in [0.29, 0.717) is 22.6 Å². The fraction of sp³-hybridized carbons (Fsp3) is 0.208. The van der Waals surface area contributed by atoms with E-state index in [1.165, 1.54) is 12.1 Å². The summed E-state index contributed by atoms with van der Waals surface area (Å²) in [5.74, 6) is -0.621. The molecule has 0 unspecified atom stereocenters. The summed E-state index contributed by atoms with van der Waals surface area (Å²) in [6, 6.07) is 17.6. The lowest BCUT2D eigenvalue weighted by Crippen LogP contribution is -2.27. The van der Waals surface area contributed by atoms with Crippen LogP contribution in [0, 0.1) is 11.6 Å². The van der Waals surface area contributed by atoms with Gasteiger partial charge < -0.3 is 9.47 Å². The molecule has 1 amide bonds. The SMILES string of the molecule is CC(C)(C)OC(=O)Nc1cccc(COc2ccc(-c3ccc(F)cc3F)cc2)c1. The van der Waals surface area contributed by atoms with E-state index >= 15 is 0 Å². The first kappa shape index (κ1) is 21.3. The van der Waals surface area contributed by atoms with Gasteiger partial charge in [-0.05, 0) is 68.3 Å². The van der Waals surface area contributed by atoms with Crippen LogP contribution in [0.3, 0.4) is 0 Å². The van der Waals surface area contributed by atoms with Crippen molar-refractivity contribution in [3.63, 3.8) is 0 Å². The van der Waals surface area contributed by atoms with Gasteiger partial charge >= 0.3 is 6.09 Å². The van der Waals surface area contributed by atoms with Crippen molar-refractivity contribution in [3.8, 4) is 16.9 Å². The van der Waals surface area contributed by atoms with E-state index in [9.17, 15) is 13.6 Å². The third-order valence-corrected chi connectivity index (χ3v) is 4.07. The molecule has 1 N–H and O–H groups in total. The number of amides is 1. The van der Waals surface area contributed by atoms with Gasteiger partial charge in [-0.25, -0.2) is 13.6 Å². The maximum Gasteiger partial charge on any atom is 0.412 e. The molecule has 0 spiro atoms. The van der Waals surface area contributed by atoms with Gasteiger partial charge in [-0.15, -0.1) is 0 Å². The fourth-order valence-corrected chi connectivity index (χ4v) is 2.78. The van der Waals surface area contributed by atoms with E-state index in [-0.39, 0.29) is 6.61 Å². The molecule has 0 aromatic heterocycles. The highest BCUT2D eigenvalue weighted by molar-refractivity contribution is 5.84. The van der Waals surface area contributed by atoms with Crippen LogP contribution in [0.4, 0.5) is 19.3 Å². The Morgan fingerprint density at radius 2 is 1.70 bits per heavy atom. The molecule has 0 heterocycles. The van der Waals surface area contributed by atoms with Gasteiger partial charge in [0, 0.05) is 17.3 Å². The molecule has 30 heavy (non-hydrogen) atoms. The average molecular weight is 411 g/mol. The first-order chi connectivity index (χ1) is 14.2. The summed E-state index contributed by atoms with van der Waals surface area (Å²) in [7, 11) is 0. The van der Waals surface area contributed by atoms with Gasteiger partial charge in [-0.3, -0.25) is 5.32 Å². The van der Waals surface area contributed by atoms with E-state index in [2.05, 4.69) is 5.32 Å². The number of ether oxygens (including phenoxy) is 2. The van der Waals surface area contributed by atoms with E-state index < -0.39 is 23.3 Å². The maximum absolute atomic E-state index is 13.9. The lowest BCUT2D eigenvalue weighted by Gasteiger charge is -2.19. The lowest BCUT2D eigenvalue weighted by atomic mass is 10.1. The number of hydrogen-bond donors (Lipinski definition) is 1. The Balaban J connectivity index is 1.61. The molecule has 0 aliphatic carbocycles. The maximum atomic E-state index is 13.9. The third-order valence-electron chi connectivity index (χ3n) is 4.07. The summed E-state index contributed by atoms with van der Waals surface area (Å²) >= 11 is 0. The van der Waals surface area contributed by atoms with Crippen LogP contribution in [0.15, 0.2) is 66.7 Å². The zero-order valence-corrected chi connectivity index (χ0v) is 17.0. The topological polar surface area (TPSA) is 47.6 Å². The second kappa shape index (κ2) is 8.95. The quantitative estimate of drug-likeness (QED) is 0.517. The molecule has 0 fully saturated rings. The lowest BCUT2D eigenvalue weighted by molar-refractivity contribution is 0.0636. The monoisotopic (exact) mass is 411 g/mol. The van der Waals surface area contributed by atoms with E-state index in [1.54, 1.807) is 57.2 Å². The molecule has 0 saturated heterocycles. The van der Waals surface area contributed by atoms with Crippen molar-refractivity contribution in [3.05, 3.63) is 83.9 Å².